The quantitative estimate of drug-likeness (QED) is 0.149. The summed E-state index contributed by atoms with van der Waals surface area (Å²) in [5, 5.41) is 43.6. The van der Waals surface area contributed by atoms with Crippen molar-refractivity contribution in [2.75, 3.05) is 10.6 Å². The number of H-pyrrole nitrogens is 2. The van der Waals surface area contributed by atoms with Gasteiger partial charge in [0.1, 0.15) is 22.1 Å². The standard InChI is InChI=1S/C10H5FN4O4S.C10H7N3OS/c11-6-1-4(2-7(8(6)16)15(18)19)13-10-5(3-12)9(17)14-20-10;11-6-8-9(14)13-15-10(8)12-7-4-2-1-3-5-7/h1-2,13,16H,(H,14,17);1-5,12H,(H,13,14). The van der Waals surface area contributed by atoms with Crippen LogP contribution in [0.2, 0.25) is 0 Å². The van der Waals surface area contributed by atoms with Gasteiger partial charge in [-0.1, -0.05) is 18.2 Å². The highest BCUT2D eigenvalue weighted by Crippen LogP contribution is 2.34. The lowest BCUT2D eigenvalue weighted by Crippen LogP contribution is -2.03. The van der Waals surface area contributed by atoms with Gasteiger partial charge in [0, 0.05) is 23.5 Å². The second-order valence-electron chi connectivity index (χ2n) is 6.40. The first-order valence-electron chi connectivity index (χ1n) is 9.24. The van der Waals surface area contributed by atoms with Crippen LogP contribution in [0.15, 0.2) is 52.1 Å². The summed E-state index contributed by atoms with van der Waals surface area (Å²) in [6.45, 7) is 0. The molecule has 0 aliphatic carbocycles. The number of phenolic OH excluding ortho intramolecular Hbond substituents is 1. The van der Waals surface area contributed by atoms with Crippen molar-refractivity contribution >= 4 is 50.1 Å². The van der Waals surface area contributed by atoms with Crippen molar-refractivity contribution in [3.63, 3.8) is 0 Å². The van der Waals surface area contributed by atoms with E-state index >= 15 is 0 Å². The Kier molecular flexibility index (Phi) is 7.57. The van der Waals surface area contributed by atoms with Gasteiger partial charge in [0.2, 0.25) is 5.75 Å². The molecule has 35 heavy (non-hydrogen) atoms. The number of para-hydroxylation sites is 1. The first-order chi connectivity index (χ1) is 16.7. The minimum Gasteiger partial charge on any atom is -0.500 e. The fraction of sp³-hybridized carbons (Fsp3) is 0. The molecule has 12 nitrogen and oxygen atoms in total. The van der Waals surface area contributed by atoms with Crippen LogP contribution in [0.1, 0.15) is 11.1 Å². The average molecular weight is 513 g/mol. The van der Waals surface area contributed by atoms with E-state index in [9.17, 15) is 29.2 Å². The van der Waals surface area contributed by atoms with E-state index in [2.05, 4.69) is 19.4 Å². The summed E-state index contributed by atoms with van der Waals surface area (Å²) in [6.07, 6.45) is 0. The summed E-state index contributed by atoms with van der Waals surface area (Å²) in [4.78, 5) is 32.1. The largest absolute Gasteiger partial charge is 0.500 e. The normalized spacial score (nSPS) is 9.80. The number of anilines is 4. The highest BCUT2D eigenvalue weighted by Gasteiger charge is 2.20. The summed E-state index contributed by atoms with van der Waals surface area (Å²) in [7, 11) is 0. The Hall–Kier alpha value is -4.99. The summed E-state index contributed by atoms with van der Waals surface area (Å²) in [5.74, 6) is -2.27. The number of aromatic hydroxyl groups is 1. The molecule has 5 N–H and O–H groups in total. The van der Waals surface area contributed by atoms with E-state index in [0.29, 0.717) is 5.00 Å². The van der Waals surface area contributed by atoms with Crippen LogP contribution in [0, 0.1) is 38.6 Å². The molecule has 0 spiro atoms. The van der Waals surface area contributed by atoms with Crippen LogP contribution in [0.4, 0.5) is 31.5 Å². The molecule has 0 bridgehead atoms. The van der Waals surface area contributed by atoms with E-state index in [1.54, 1.807) is 6.07 Å². The Labute approximate surface area is 202 Å². The van der Waals surface area contributed by atoms with E-state index in [1.165, 1.54) is 0 Å². The maximum Gasteiger partial charge on any atom is 0.315 e. The number of hydrogen-bond donors (Lipinski definition) is 5. The van der Waals surface area contributed by atoms with Crippen molar-refractivity contribution < 1.29 is 14.4 Å². The Bertz CT molecular complexity index is 1580. The number of nitrogens with zero attached hydrogens (tertiary/aromatic N) is 3. The molecule has 4 aromatic rings. The lowest BCUT2D eigenvalue weighted by molar-refractivity contribution is -0.386. The summed E-state index contributed by atoms with van der Waals surface area (Å²) in [5.41, 5.74) is -1.10. The molecule has 0 amide bonds. The Balaban J connectivity index is 0.000000203. The molecule has 2 heterocycles. The number of rotatable bonds is 5. The van der Waals surface area contributed by atoms with Crippen LogP contribution in [0.3, 0.4) is 0 Å². The SMILES string of the molecule is N#Cc1c(Nc2cc(F)c(O)c([N+](=O)[O-])c2)s[nH]c1=O.N#Cc1c(Nc2ccccc2)s[nH]c1=O. The molecule has 176 valence electrons. The van der Waals surface area contributed by atoms with Gasteiger partial charge in [-0.3, -0.25) is 28.5 Å². The fourth-order valence-corrected chi connectivity index (χ4v) is 3.98. The van der Waals surface area contributed by atoms with Gasteiger partial charge in [0.25, 0.3) is 11.1 Å². The summed E-state index contributed by atoms with van der Waals surface area (Å²) >= 11 is 1.92. The molecule has 0 radical (unpaired) electrons. The van der Waals surface area contributed by atoms with Crippen molar-refractivity contribution in [1.29, 1.82) is 10.5 Å². The monoisotopic (exact) mass is 513 g/mol. The van der Waals surface area contributed by atoms with Crippen LogP contribution in [-0.2, 0) is 0 Å². The lowest BCUT2D eigenvalue weighted by atomic mass is 10.2. The molecule has 2 aromatic carbocycles. The molecule has 4 rings (SSSR count). The predicted octanol–water partition coefficient (Wildman–Crippen LogP) is 3.86. The molecule has 0 atom stereocenters. The van der Waals surface area contributed by atoms with Gasteiger partial charge in [-0.05, 0) is 35.2 Å². The van der Waals surface area contributed by atoms with Crippen LogP contribution >= 0.6 is 23.1 Å². The third kappa shape index (κ3) is 5.69. The van der Waals surface area contributed by atoms with Gasteiger partial charge in [-0.15, -0.1) is 0 Å². The van der Waals surface area contributed by atoms with E-state index in [1.807, 2.05) is 36.4 Å². The highest BCUT2D eigenvalue weighted by atomic mass is 32.1. The van der Waals surface area contributed by atoms with Crippen LogP contribution in [-0.4, -0.2) is 18.8 Å². The lowest BCUT2D eigenvalue weighted by Gasteiger charge is -2.05. The van der Waals surface area contributed by atoms with E-state index in [-0.39, 0.29) is 27.4 Å². The third-order valence-corrected chi connectivity index (χ3v) is 5.75. The number of hydrogen-bond acceptors (Lipinski definition) is 11. The predicted molar refractivity (Wildman–Crippen MR) is 127 cm³/mol. The van der Waals surface area contributed by atoms with Crippen LogP contribution in [0.5, 0.6) is 5.75 Å². The van der Waals surface area contributed by atoms with Crippen molar-refractivity contribution in [3.8, 4) is 17.9 Å². The van der Waals surface area contributed by atoms with Gasteiger partial charge < -0.3 is 15.7 Å². The van der Waals surface area contributed by atoms with Gasteiger partial charge in [-0.2, -0.15) is 10.5 Å². The Morgan fingerprint density at radius 3 is 1.94 bits per heavy atom. The number of nitro benzene ring substituents is 1. The number of aromatic nitrogens is 2. The van der Waals surface area contributed by atoms with Gasteiger partial charge in [0.15, 0.2) is 16.9 Å². The van der Waals surface area contributed by atoms with Crippen molar-refractivity contribution in [2.24, 2.45) is 0 Å². The van der Waals surface area contributed by atoms with Gasteiger partial charge >= 0.3 is 5.69 Å². The maximum absolute atomic E-state index is 13.4. The molecule has 0 saturated carbocycles. The molecule has 2 aromatic heterocycles. The zero-order chi connectivity index (χ0) is 25.5. The molecule has 0 unspecified atom stereocenters. The number of nitro groups is 1. The number of phenols is 1. The molecule has 0 saturated heterocycles. The van der Waals surface area contributed by atoms with Crippen molar-refractivity contribution in [3.05, 3.63) is 90.2 Å². The number of aromatic amines is 2. The first-order valence-corrected chi connectivity index (χ1v) is 10.9. The summed E-state index contributed by atoms with van der Waals surface area (Å²) in [6, 6.07) is 14.6. The van der Waals surface area contributed by atoms with E-state index in [0.717, 1.165) is 40.9 Å². The second-order valence-corrected chi connectivity index (χ2v) is 8.03. The van der Waals surface area contributed by atoms with Gasteiger partial charge in [-0.25, -0.2) is 4.39 Å². The van der Waals surface area contributed by atoms with Crippen LogP contribution in [0.25, 0.3) is 0 Å². The maximum atomic E-state index is 13.4. The fourth-order valence-electron chi connectivity index (χ4n) is 2.56. The minimum absolute atomic E-state index is 0.0706. The van der Waals surface area contributed by atoms with E-state index in [4.69, 9.17) is 10.5 Å². The smallest absolute Gasteiger partial charge is 0.315 e. The first kappa shape index (κ1) is 24.6. The zero-order valence-corrected chi connectivity index (χ0v) is 18.8. The minimum atomic E-state index is -1.19. The van der Waals surface area contributed by atoms with Crippen molar-refractivity contribution in [2.45, 2.75) is 0 Å². The van der Waals surface area contributed by atoms with Gasteiger partial charge in [0.05, 0.1) is 4.92 Å². The van der Waals surface area contributed by atoms with E-state index < -0.39 is 27.7 Å². The zero-order valence-electron chi connectivity index (χ0n) is 17.2. The number of benzene rings is 2. The second kappa shape index (κ2) is 10.8. The Morgan fingerprint density at radius 1 is 0.943 bits per heavy atom. The number of nitriles is 2. The molecule has 15 heteroatoms. The highest BCUT2D eigenvalue weighted by molar-refractivity contribution is 7.10. The van der Waals surface area contributed by atoms with Crippen molar-refractivity contribution in [1.82, 2.24) is 8.75 Å². The number of nitrogens with one attached hydrogen (secondary N) is 4. The molecule has 0 aliphatic rings. The summed E-state index contributed by atoms with van der Waals surface area (Å²) < 4.78 is 18.2. The molecule has 0 aliphatic heterocycles. The molecular formula is C20H12FN7O5S2. The number of halogens is 1. The van der Waals surface area contributed by atoms with Crippen LogP contribution < -0.4 is 21.8 Å². The molecule has 0 fully saturated rings. The topological polar surface area (TPSA) is 201 Å². The third-order valence-electron chi connectivity index (χ3n) is 4.15. The average Bonchev–Trinajstić information content (AvgIpc) is 3.37. The molecular weight excluding hydrogens is 501 g/mol. The Morgan fingerprint density at radius 2 is 1.46 bits per heavy atom.